The number of urea groups is 1. The molecule has 0 aliphatic carbocycles. The third-order valence-electron chi connectivity index (χ3n) is 5.56. The third kappa shape index (κ3) is 4.91. The summed E-state index contributed by atoms with van der Waals surface area (Å²) >= 11 is 6.19. The topological polar surface area (TPSA) is 67.9 Å². The Kier molecular flexibility index (Phi) is 7.46. The van der Waals surface area contributed by atoms with E-state index >= 15 is 0 Å². The molecule has 2 aromatic rings. The van der Waals surface area contributed by atoms with Gasteiger partial charge in [0.25, 0.3) is 0 Å². The van der Waals surface area contributed by atoms with E-state index in [0.29, 0.717) is 28.4 Å². The summed E-state index contributed by atoms with van der Waals surface area (Å²) in [5.74, 6) is 0.228. The number of hydrogen-bond acceptors (Lipinski definition) is 4. The van der Waals surface area contributed by atoms with Gasteiger partial charge in [-0.2, -0.15) is 0 Å². The molecule has 0 spiro atoms. The van der Waals surface area contributed by atoms with Gasteiger partial charge in [0.1, 0.15) is 12.4 Å². The number of carbonyl (C=O) groups excluding carboxylic acids is 2. The fourth-order valence-electron chi connectivity index (χ4n) is 3.88. The highest BCUT2D eigenvalue weighted by Crippen LogP contribution is 2.33. The molecule has 6 nitrogen and oxygen atoms in total. The summed E-state index contributed by atoms with van der Waals surface area (Å²) in [6.07, 6.45) is 0. The van der Waals surface area contributed by atoms with Gasteiger partial charge in [-0.25, -0.2) is 9.59 Å². The van der Waals surface area contributed by atoms with Crippen LogP contribution in [-0.4, -0.2) is 36.7 Å². The molecular formula is C25H29ClN2O4. The SMILES string of the molecule is CCOC(=O)C1=C(COc2cc(C)cc(C)c2C)N(CC)C(=O)N[C@@H]1c1cccc(Cl)c1. The Morgan fingerprint density at radius 3 is 2.56 bits per heavy atom. The van der Waals surface area contributed by atoms with Gasteiger partial charge in [-0.05, 0) is 75.1 Å². The van der Waals surface area contributed by atoms with Crippen LogP contribution in [0.1, 0.15) is 42.1 Å². The number of benzene rings is 2. The Balaban J connectivity index is 2.10. The van der Waals surface area contributed by atoms with Crippen molar-refractivity contribution >= 4 is 23.6 Å². The molecule has 0 unspecified atom stereocenters. The summed E-state index contributed by atoms with van der Waals surface area (Å²) in [5, 5.41) is 3.44. The first-order chi connectivity index (χ1) is 15.3. The largest absolute Gasteiger partial charge is 0.487 e. The van der Waals surface area contributed by atoms with E-state index in [4.69, 9.17) is 21.1 Å². The van der Waals surface area contributed by atoms with Gasteiger partial charge in [0.05, 0.1) is 23.9 Å². The van der Waals surface area contributed by atoms with Crippen molar-refractivity contribution in [2.75, 3.05) is 19.8 Å². The second-order valence-corrected chi connectivity index (χ2v) is 8.19. The number of likely N-dealkylation sites (N-methyl/N-ethyl adjacent to an activating group) is 1. The summed E-state index contributed by atoms with van der Waals surface area (Å²) in [5.41, 5.74) is 4.74. The summed E-state index contributed by atoms with van der Waals surface area (Å²) < 4.78 is 11.5. The van der Waals surface area contributed by atoms with Gasteiger partial charge in [-0.1, -0.05) is 29.8 Å². The van der Waals surface area contributed by atoms with Crippen LogP contribution in [0.15, 0.2) is 47.7 Å². The van der Waals surface area contributed by atoms with Crippen LogP contribution in [0.2, 0.25) is 5.02 Å². The average molecular weight is 457 g/mol. The Hall–Kier alpha value is -2.99. The quantitative estimate of drug-likeness (QED) is 0.578. The highest BCUT2D eigenvalue weighted by atomic mass is 35.5. The van der Waals surface area contributed by atoms with Crippen molar-refractivity contribution in [3.05, 3.63) is 74.9 Å². The zero-order valence-electron chi connectivity index (χ0n) is 19.1. The van der Waals surface area contributed by atoms with Crippen molar-refractivity contribution in [3.63, 3.8) is 0 Å². The van der Waals surface area contributed by atoms with Crippen molar-refractivity contribution < 1.29 is 19.1 Å². The van der Waals surface area contributed by atoms with Crippen LogP contribution in [0.25, 0.3) is 0 Å². The number of amides is 2. The number of ether oxygens (including phenoxy) is 2. The molecule has 1 atom stereocenters. The standard InChI is InChI=1S/C25H29ClN2O4/c1-6-28-20(14-32-21-12-15(3)11-16(4)17(21)5)22(24(29)31-7-2)23(27-25(28)30)18-9-8-10-19(26)13-18/h8-13,23H,6-7,14H2,1-5H3,(H,27,30)/t23-/m1/s1. The molecular weight excluding hydrogens is 428 g/mol. The third-order valence-corrected chi connectivity index (χ3v) is 5.80. The first-order valence-corrected chi connectivity index (χ1v) is 11.1. The lowest BCUT2D eigenvalue weighted by molar-refractivity contribution is -0.139. The molecule has 1 aliphatic rings. The fraction of sp³-hybridized carbons (Fsp3) is 0.360. The molecule has 3 rings (SSSR count). The van der Waals surface area contributed by atoms with E-state index in [1.807, 2.05) is 39.8 Å². The number of hydrogen-bond donors (Lipinski definition) is 1. The summed E-state index contributed by atoms with van der Waals surface area (Å²) in [6, 6.07) is 10.1. The minimum atomic E-state index is -0.693. The number of nitrogens with zero attached hydrogens (tertiary/aromatic N) is 1. The number of nitrogens with one attached hydrogen (secondary N) is 1. The molecule has 0 bridgehead atoms. The lowest BCUT2D eigenvalue weighted by atomic mass is 9.94. The number of esters is 1. The number of carbonyl (C=O) groups is 2. The van der Waals surface area contributed by atoms with Crippen LogP contribution in [-0.2, 0) is 9.53 Å². The monoisotopic (exact) mass is 456 g/mol. The lowest BCUT2D eigenvalue weighted by Crippen LogP contribution is -2.49. The molecule has 2 aromatic carbocycles. The predicted octanol–water partition coefficient (Wildman–Crippen LogP) is 5.25. The van der Waals surface area contributed by atoms with Crippen LogP contribution in [0.5, 0.6) is 5.75 Å². The normalized spacial score (nSPS) is 16.1. The van der Waals surface area contributed by atoms with E-state index in [-0.39, 0.29) is 19.2 Å². The first kappa shape index (κ1) is 23.7. The van der Waals surface area contributed by atoms with E-state index in [9.17, 15) is 9.59 Å². The molecule has 0 fully saturated rings. The van der Waals surface area contributed by atoms with Gasteiger partial charge >= 0.3 is 12.0 Å². The molecule has 0 saturated heterocycles. The Bertz CT molecular complexity index is 1060. The smallest absolute Gasteiger partial charge is 0.338 e. The van der Waals surface area contributed by atoms with Crippen LogP contribution < -0.4 is 10.1 Å². The van der Waals surface area contributed by atoms with Gasteiger partial charge in [0.2, 0.25) is 0 Å². The molecule has 0 saturated carbocycles. The van der Waals surface area contributed by atoms with Crippen molar-refractivity contribution in [1.82, 2.24) is 10.2 Å². The molecule has 7 heteroatoms. The zero-order valence-corrected chi connectivity index (χ0v) is 19.9. The van der Waals surface area contributed by atoms with E-state index in [1.54, 1.807) is 25.1 Å². The highest BCUT2D eigenvalue weighted by molar-refractivity contribution is 6.30. The van der Waals surface area contributed by atoms with Crippen molar-refractivity contribution in [2.45, 2.75) is 40.7 Å². The van der Waals surface area contributed by atoms with E-state index < -0.39 is 12.0 Å². The molecule has 0 radical (unpaired) electrons. The molecule has 2 amide bonds. The molecule has 0 aromatic heterocycles. The van der Waals surface area contributed by atoms with Crippen LogP contribution in [0, 0.1) is 20.8 Å². The number of halogens is 1. The van der Waals surface area contributed by atoms with Crippen LogP contribution in [0.4, 0.5) is 4.79 Å². The average Bonchev–Trinajstić information content (AvgIpc) is 2.74. The Morgan fingerprint density at radius 2 is 1.91 bits per heavy atom. The second kappa shape index (κ2) is 10.1. The number of rotatable bonds is 7. The fourth-order valence-corrected chi connectivity index (χ4v) is 4.07. The second-order valence-electron chi connectivity index (χ2n) is 7.76. The van der Waals surface area contributed by atoms with Crippen LogP contribution in [0.3, 0.4) is 0 Å². The van der Waals surface area contributed by atoms with Gasteiger partial charge in [0.15, 0.2) is 0 Å². The maximum Gasteiger partial charge on any atom is 0.338 e. The van der Waals surface area contributed by atoms with Crippen molar-refractivity contribution in [1.29, 1.82) is 0 Å². The van der Waals surface area contributed by atoms with E-state index in [1.165, 1.54) is 4.90 Å². The summed E-state index contributed by atoms with van der Waals surface area (Å²) in [7, 11) is 0. The lowest BCUT2D eigenvalue weighted by Gasteiger charge is -2.36. The van der Waals surface area contributed by atoms with Crippen molar-refractivity contribution in [2.24, 2.45) is 0 Å². The van der Waals surface area contributed by atoms with Gasteiger partial charge < -0.3 is 14.8 Å². The maximum atomic E-state index is 13.1. The van der Waals surface area contributed by atoms with Gasteiger partial charge in [-0.15, -0.1) is 0 Å². The highest BCUT2D eigenvalue weighted by Gasteiger charge is 2.38. The molecule has 1 heterocycles. The number of aryl methyl sites for hydroxylation is 2. The first-order valence-electron chi connectivity index (χ1n) is 10.7. The zero-order chi connectivity index (χ0) is 23.4. The molecule has 170 valence electrons. The minimum absolute atomic E-state index is 0.0518. The summed E-state index contributed by atoms with van der Waals surface area (Å²) in [4.78, 5) is 27.6. The molecule has 1 N–H and O–H groups in total. The van der Waals surface area contributed by atoms with Crippen molar-refractivity contribution in [3.8, 4) is 5.75 Å². The summed E-state index contributed by atoms with van der Waals surface area (Å²) in [6.45, 7) is 10.3. The Morgan fingerprint density at radius 1 is 1.16 bits per heavy atom. The van der Waals surface area contributed by atoms with E-state index in [2.05, 4.69) is 11.4 Å². The van der Waals surface area contributed by atoms with Gasteiger partial charge in [-0.3, -0.25) is 4.90 Å². The Labute approximate surface area is 194 Å². The van der Waals surface area contributed by atoms with E-state index in [0.717, 1.165) is 22.4 Å². The minimum Gasteiger partial charge on any atom is -0.487 e. The van der Waals surface area contributed by atoms with Crippen LogP contribution >= 0.6 is 11.6 Å². The maximum absolute atomic E-state index is 13.1. The molecule has 32 heavy (non-hydrogen) atoms. The molecule has 1 aliphatic heterocycles. The van der Waals surface area contributed by atoms with Gasteiger partial charge in [0, 0.05) is 11.6 Å². The predicted molar refractivity (Wildman–Crippen MR) is 125 cm³/mol.